The molecule has 2 amide bonds. The van der Waals surface area contributed by atoms with Crippen LogP contribution in [0.2, 0.25) is 0 Å². The van der Waals surface area contributed by atoms with Gasteiger partial charge < -0.3 is 25.3 Å². The lowest BCUT2D eigenvalue weighted by molar-refractivity contribution is -0.117. The van der Waals surface area contributed by atoms with Crippen LogP contribution in [-0.4, -0.2) is 107 Å². The summed E-state index contributed by atoms with van der Waals surface area (Å²) in [7, 11) is 0. The van der Waals surface area contributed by atoms with Crippen LogP contribution in [-0.2, 0) is 16.1 Å². The van der Waals surface area contributed by atoms with Gasteiger partial charge in [0.05, 0.1) is 18.6 Å². The standard InChI is InChI=1S/C35H41N9O3/c45-32(5-2-12-42-14-3-15-42)39-28-4-1-13-43(23-28)22-25-10-11-36-31(20-25)35(46)40-27-8-6-26(7-9-27)30-21-29-33(41-30)37-24-38-34(29)44-16-18-47-19-17-44/h2,5-11,20-21,24,28H,1,3-4,12-19,22-23H2,(H,39,45)(H,40,46)(H,37,38,41)/b5-2+/t28-/m1/s1. The lowest BCUT2D eigenvalue weighted by Crippen LogP contribution is -2.47. The summed E-state index contributed by atoms with van der Waals surface area (Å²) in [6, 6.07) is 13.7. The fraction of sp³-hybridized carbons (Fsp3) is 0.400. The number of piperidine rings is 1. The van der Waals surface area contributed by atoms with Crippen LogP contribution in [0.15, 0.2) is 67.1 Å². The predicted molar refractivity (Wildman–Crippen MR) is 181 cm³/mol. The molecule has 4 aromatic rings. The first-order valence-corrected chi connectivity index (χ1v) is 16.5. The number of aromatic nitrogens is 4. The van der Waals surface area contributed by atoms with Crippen molar-refractivity contribution in [2.75, 3.05) is 69.2 Å². The van der Waals surface area contributed by atoms with E-state index in [1.165, 1.54) is 6.42 Å². The van der Waals surface area contributed by atoms with Gasteiger partial charge in [-0.15, -0.1) is 0 Å². The van der Waals surface area contributed by atoms with E-state index in [1.807, 2.05) is 42.5 Å². The van der Waals surface area contributed by atoms with Crippen molar-refractivity contribution < 1.29 is 14.3 Å². The summed E-state index contributed by atoms with van der Waals surface area (Å²) >= 11 is 0. The Hall–Kier alpha value is -4.65. The van der Waals surface area contributed by atoms with Gasteiger partial charge in [0.2, 0.25) is 5.91 Å². The largest absolute Gasteiger partial charge is 0.378 e. The van der Waals surface area contributed by atoms with Crippen LogP contribution in [0.4, 0.5) is 11.5 Å². The highest BCUT2D eigenvalue weighted by Crippen LogP contribution is 2.30. The first-order chi connectivity index (χ1) is 23.1. The van der Waals surface area contributed by atoms with Crippen LogP contribution < -0.4 is 15.5 Å². The van der Waals surface area contributed by atoms with Gasteiger partial charge in [0, 0.05) is 62.4 Å². The van der Waals surface area contributed by atoms with E-state index in [0.29, 0.717) is 31.1 Å². The van der Waals surface area contributed by atoms with Crippen LogP contribution in [0.25, 0.3) is 22.3 Å². The third-order valence-electron chi connectivity index (χ3n) is 9.07. The molecule has 3 aliphatic heterocycles. The number of aromatic amines is 1. The number of H-pyrrole nitrogens is 1. The molecule has 1 atom stereocenters. The predicted octanol–water partition coefficient (Wildman–Crippen LogP) is 3.45. The van der Waals surface area contributed by atoms with Crippen molar-refractivity contribution in [3.63, 3.8) is 0 Å². The zero-order valence-corrected chi connectivity index (χ0v) is 26.5. The number of likely N-dealkylation sites (tertiary alicyclic amines) is 2. The normalized spacial score (nSPS) is 19.1. The molecule has 3 saturated heterocycles. The maximum atomic E-state index is 13.2. The first-order valence-electron chi connectivity index (χ1n) is 16.5. The minimum absolute atomic E-state index is 0.0261. The molecule has 12 heteroatoms. The number of pyridine rings is 1. The Balaban J connectivity index is 0.939. The number of carbonyl (C=O) groups excluding carboxylic acids is 2. The third kappa shape index (κ3) is 7.67. The number of morpholine rings is 1. The van der Waals surface area contributed by atoms with Crippen molar-refractivity contribution in [3.05, 3.63) is 78.4 Å². The summed E-state index contributed by atoms with van der Waals surface area (Å²) in [5.74, 6) is 0.623. The molecule has 0 unspecified atom stereocenters. The highest BCUT2D eigenvalue weighted by Gasteiger charge is 2.22. The second-order valence-electron chi connectivity index (χ2n) is 12.5. The second kappa shape index (κ2) is 14.4. The topological polar surface area (TPSA) is 132 Å². The van der Waals surface area contributed by atoms with Crippen molar-refractivity contribution in [1.82, 2.24) is 35.1 Å². The molecule has 12 nitrogen and oxygen atoms in total. The first kappa shape index (κ1) is 31.0. The summed E-state index contributed by atoms with van der Waals surface area (Å²) in [6.45, 7) is 8.47. The van der Waals surface area contributed by atoms with E-state index in [2.05, 4.69) is 51.3 Å². The van der Waals surface area contributed by atoms with Gasteiger partial charge in [0.25, 0.3) is 5.91 Å². The summed E-state index contributed by atoms with van der Waals surface area (Å²) in [6.07, 6.45) is 10.1. The number of anilines is 2. The number of benzene rings is 1. The van der Waals surface area contributed by atoms with Crippen LogP contribution in [0.1, 0.15) is 35.3 Å². The highest BCUT2D eigenvalue weighted by atomic mass is 16.5. The number of hydrogen-bond acceptors (Lipinski definition) is 9. The van der Waals surface area contributed by atoms with Crippen LogP contribution in [0.3, 0.4) is 0 Å². The zero-order chi connectivity index (χ0) is 32.0. The number of rotatable bonds is 10. The fourth-order valence-electron chi connectivity index (χ4n) is 6.43. The summed E-state index contributed by atoms with van der Waals surface area (Å²) in [5.41, 5.74) is 4.76. The minimum atomic E-state index is -0.260. The number of amides is 2. The van der Waals surface area contributed by atoms with Crippen LogP contribution >= 0.6 is 0 Å². The number of ether oxygens (including phenoxy) is 1. The van der Waals surface area contributed by atoms with Crippen LogP contribution in [0, 0.1) is 0 Å². The molecule has 0 spiro atoms. The van der Waals surface area contributed by atoms with Gasteiger partial charge in [-0.25, -0.2) is 9.97 Å². The molecular weight excluding hydrogens is 594 g/mol. The monoisotopic (exact) mass is 635 g/mol. The Morgan fingerprint density at radius 3 is 2.60 bits per heavy atom. The van der Waals surface area contributed by atoms with Crippen molar-refractivity contribution in [2.45, 2.75) is 31.8 Å². The molecule has 0 aliphatic carbocycles. The van der Waals surface area contributed by atoms with Crippen molar-refractivity contribution >= 4 is 34.4 Å². The van der Waals surface area contributed by atoms with Crippen molar-refractivity contribution in [3.8, 4) is 11.3 Å². The molecule has 3 aromatic heterocycles. The van der Waals surface area contributed by atoms with E-state index in [1.54, 1.807) is 18.6 Å². The number of carbonyl (C=O) groups is 2. The lowest BCUT2D eigenvalue weighted by atomic mass is 10.0. The van der Waals surface area contributed by atoms with Gasteiger partial charge in [-0.1, -0.05) is 18.2 Å². The Bertz CT molecular complexity index is 1730. The van der Waals surface area contributed by atoms with Gasteiger partial charge in [0.15, 0.2) is 0 Å². The second-order valence-corrected chi connectivity index (χ2v) is 12.5. The Morgan fingerprint density at radius 1 is 0.957 bits per heavy atom. The average Bonchev–Trinajstić information content (AvgIpc) is 3.52. The minimum Gasteiger partial charge on any atom is -0.378 e. The van der Waals surface area contributed by atoms with Gasteiger partial charge in [-0.05, 0) is 80.4 Å². The fourth-order valence-corrected chi connectivity index (χ4v) is 6.43. The van der Waals surface area contributed by atoms with Gasteiger partial charge >= 0.3 is 0 Å². The molecule has 1 aromatic carbocycles. The number of nitrogens with zero attached hydrogens (tertiary/aromatic N) is 6. The van der Waals surface area contributed by atoms with Gasteiger partial charge in [-0.2, -0.15) is 0 Å². The van der Waals surface area contributed by atoms with E-state index in [-0.39, 0.29) is 17.9 Å². The molecule has 0 saturated carbocycles. The van der Waals surface area contributed by atoms with E-state index in [0.717, 1.165) is 92.3 Å². The molecule has 244 valence electrons. The summed E-state index contributed by atoms with van der Waals surface area (Å²) < 4.78 is 5.50. The van der Waals surface area contributed by atoms with Crippen molar-refractivity contribution in [2.24, 2.45) is 0 Å². The summed E-state index contributed by atoms with van der Waals surface area (Å²) in [5, 5.41) is 7.12. The van der Waals surface area contributed by atoms with E-state index in [4.69, 9.17) is 4.74 Å². The highest BCUT2D eigenvalue weighted by molar-refractivity contribution is 6.03. The Morgan fingerprint density at radius 2 is 1.79 bits per heavy atom. The molecule has 3 N–H and O–H groups in total. The zero-order valence-electron chi connectivity index (χ0n) is 26.5. The molecule has 3 aliphatic rings. The molecule has 0 radical (unpaired) electrons. The number of fused-ring (bicyclic) bond motifs is 1. The molecule has 47 heavy (non-hydrogen) atoms. The smallest absolute Gasteiger partial charge is 0.274 e. The molecular formula is C35H41N9O3. The molecule has 7 rings (SSSR count). The van der Waals surface area contributed by atoms with Gasteiger partial charge in [-0.3, -0.25) is 24.4 Å². The molecule has 3 fully saturated rings. The molecule has 0 bridgehead atoms. The van der Waals surface area contributed by atoms with Crippen LogP contribution in [0.5, 0.6) is 0 Å². The Labute approximate surface area is 274 Å². The molecule has 6 heterocycles. The summed E-state index contributed by atoms with van der Waals surface area (Å²) in [4.78, 5) is 49.2. The Kier molecular flexibility index (Phi) is 9.50. The SMILES string of the molecule is O=C(/C=C/CN1CCC1)N[C@@H]1CCCN(Cc2ccnc(C(=O)Nc3ccc(-c4cc5c(N6CCOCC6)ncnc5[nH]4)cc3)c2)C1. The van der Waals surface area contributed by atoms with Crippen molar-refractivity contribution in [1.29, 1.82) is 0 Å². The number of nitrogens with one attached hydrogen (secondary N) is 3. The lowest BCUT2D eigenvalue weighted by Gasteiger charge is -2.33. The van der Waals surface area contributed by atoms with Gasteiger partial charge in [0.1, 0.15) is 23.5 Å². The van der Waals surface area contributed by atoms with E-state index >= 15 is 0 Å². The quantitative estimate of drug-likeness (QED) is 0.224. The third-order valence-corrected chi connectivity index (χ3v) is 9.07. The number of hydrogen-bond donors (Lipinski definition) is 3. The van der Waals surface area contributed by atoms with E-state index < -0.39 is 0 Å². The average molecular weight is 636 g/mol. The maximum Gasteiger partial charge on any atom is 0.274 e. The maximum absolute atomic E-state index is 13.2. The van der Waals surface area contributed by atoms with E-state index in [9.17, 15) is 9.59 Å².